The van der Waals surface area contributed by atoms with Crippen LogP contribution in [-0.2, 0) is 19.4 Å². The maximum Gasteiger partial charge on any atom is 0.141 e. The molecule has 1 aliphatic carbocycles. The summed E-state index contributed by atoms with van der Waals surface area (Å²) in [5.74, 6) is 1.85. The van der Waals surface area contributed by atoms with E-state index in [2.05, 4.69) is 33.8 Å². The second-order valence-corrected chi connectivity index (χ2v) is 8.83. The van der Waals surface area contributed by atoms with Crippen LogP contribution in [0.1, 0.15) is 33.7 Å². The smallest absolute Gasteiger partial charge is 0.141 e. The first-order valence-electron chi connectivity index (χ1n) is 7.99. The van der Waals surface area contributed by atoms with Crippen LogP contribution >= 0.6 is 22.7 Å². The SMILES string of the molecule is Cc1ncc(CN(C)c2ncnc3sc4c(c23)CC[C@H](C)C4)s1. The largest absolute Gasteiger partial charge is 0.354 e. The summed E-state index contributed by atoms with van der Waals surface area (Å²) in [6.07, 6.45) is 7.29. The van der Waals surface area contributed by atoms with Crippen LogP contribution in [0.5, 0.6) is 0 Å². The fourth-order valence-corrected chi connectivity index (χ4v) is 5.53. The van der Waals surface area contributed by atoms with E-state index in [1.165, 1.54) is 33.5 Å². The molecule has 0 N–H and O–H groups in total. The van der Waals surface area contributed by atoms with Crippen molar-refractivity contribution in [3.63, 3.8) is 0 Å². The molecule has 0 unspecified atom stereocenters. The molecule has 0 aromatic carbocycles. The van der Waals surface area contributed by atoms with E-state index in [9.17, 15) is 0 Å². The molecule has 0 radical (unpaired) electrons. The van der Waals surface area contributed by atoms with E-state index in [0.29, 0.717) is 0 Å². The lowest BCUT2D eigenvalue weighted by atomic mass is 9.89. The highest BCUT2D eigenvalue weighted by atomic mass is 32.1. The number of nitrogens with zero attached hydrogens (tertiary/aromatic N) is 4. The summed E-state index contributed by atoms with van der Waals surface area (Å²) in [4.78, 5) is 19.7. The normalized spacial score (nSPS) is 17.4. The number of anilines is 1. The van der Waals surface area contributed by atoms with Crippen LogP contribution in [0, 0.1) is 12.8 Å². The molecule has 120 valence electrons. The molecular weight excluding hydrogens is 324 g/mol. The Morgan fingerprint density at radius 3 is 2.91 bits per heavy atom. The Morgan fingerprint density at radius 2 is 2.13 bits per heavy atom. The molecule has 0 saturated heterocycles. The molecule has 3 aromatic heterocycles. The molecule has 3 heterocycles. The number of rotatable bonds is 3. The first-order valence-corrected chi connectivity index (χ1v) is 9.63. The Labute approximate surface area is 144 Å². The van der Waals surface area contributed by atoms with Crippen molar-refractivity contribution in [2.45, 2.75) is 39.7 Å². The number of hydrogen-bond donors (Lipinski definition) is 0. The lowest BCUT2D eigenvalue weighted by molar-refractivity contribution is 0.509. The molecule has 1 aliphatic rings. The molecule has 3 aromatic rings. The quantitative estimate of drug-likeness (QED) is 0.713. The van der Waals surface area contributed by atoms with Crippen molar-refractivity contribution in [2.24, 2.45) is 5.92 Å². The van der Waals surface area contributed by atoms with Crippen LogP contribution in [0.4, 0.5) is 5.82 Å². The highest BCUT2D eigenvalue weighted by Crippen LogP contribution is 2.40. The minimum atomic E-state index is 0.782. The molecule has 4 rings (SSSR count). The zero-order valence-electron chi connectivity index (χ0n) is 13.7. The summed E-state index contributed by atoms with van der Waals surface area (Å²) in [5, 5.41) is 2.39. The van der Waals surface area contributed by atoms with Gasteiger partial charge in [-0.15, -0.1) is 22.7 Å². The van der Waals surface area contributed by atoms with Crippen LogP contribution in [0.2, 0.25) is 0 Å². The Bertz CT molecular complexity index is 852. The lowest BCUT2D eigenvalue weighted by Crippen LogP contribution is -2.18. The van der Waals surface area contributed by atoms with Crippen LogP contribution in [-0.4, -0.2) is 22.0 Å². The molecule has 0 aliphatic heterocycles. The molecular formula is C17H20N4S2. The van der Waals surface area contributed by atoms with Crippen molar-refractivity contribution in [3.05, 3.63) is 32.8 Å². The van der Waals surface area contributed by atoms with Crippen LogP contribution in [0.25, 0.3) is 10.2 Å². The molecule has 0 fully saturated rings. The van der Waals surface area contributed by atoms with Crippen molar-refractivity contribution in [1.29, 1.82) is 0 Å². The Kier molecular flexibility index (Phi) is 3.81. The minimum Gasteiger partial charge on any atom is -0.354 e. The molecule has 0 spiro atoms. The Hall–Kier alpha value is -1.53. The first kappa shape index (κ1) is 15.0. The van der Waals surface area contributed by atoms with Gasteiger partial charge in [0.2, 0.25) is 0 Å². The van der Waals surface area contributed by atoms with Crippen LogP contribution in [0.3, 0.4) is 0 Å². The van der Waals surface area contributed by atoms with Gasteiger partial charge in [-0.1, -0.05) is 6.92 Å². The standard InChI is InChI=1S/C17H20N4S2/c1-10-4-5-13-14(6-10)23-17-15(13)16(19-9-20-17)21(3)8-12-7-18-11(2)22-12/h7,9-10H,4-6,8H2,1-3H3/t10-/m0/s1. The van der Waals surface area contributed by atoms with Gasteiger partial charge in [0.15, 0.2) is 0 Å². The number of thiazole rings is 1. The van der Waals surface area contributed by atoms with Gasteiger partial charge in [0.05, 0.1) is 16.9 Å². The average molecular weight is 345 g/mol. The number of aromatic nitrogens is 3. The average Bonchev–Trinajstić information content (AvgIpc) is 3.09. The first-order chi connectivity index (χ1) is 11.1. The minimum absolute atomic E-state index is 0.782. The van der Waals surface area contributed by atoms with Gasteiger partial charge in [0.25, 0.3) is 0 Å². The maximum absolute atomic E-state index is 4.61. The third-order valence-electron chi connectivity index (χ3n) is 4.50. The van der Waals surface area contributed by atoms with Crippen molar-refractivity contribution < 1.29 is 0 Å². The van der Waals surface area contributed by atoms with Gasteiger partial charge in [0.1, 0.15) is 17.0 Å². The molecule has 6 heteroatoms. The zero-order chi connectivity index (χ0) is 16.0. The summed E-state index contributed by atoms with van der Waals surface area (Å²) >= 11 is 3.61. The van der Waals surface area contributed by atoms with Gasteiger partial charge in [-0.2, -0.15) is 0 Å². The van der Waals surface area contributed by atoms with Crippen molar-refractivity contribution in [3.8, 4) is 0 Å². The summed E-state index contributed by atoms with van der Waals surface area (Å²) < 4.78 is 0. The molecule has 0 saturated carbocycles. The molecule has 4 nitrogen and oxygen atoms in total. The van der Waals surface area contributed by atoms with Crippen molar-refractivity contribution in [1.82, 2.24) is 15.0 Å². The zero-order valence-corrected chi connectivity index (χ0v) is 15.3. The van der Waals surface area contributed by atoms with E-state index in [0.717, 1.165) is 34.5 Å². The molecule has 0 amide bonds. The van der Waals surface area contributed by atoms with Crippen molar-refractivity contribution >= 4 is 38.7 Å². The molecule has 1 atom stereocenters. The second kappa shape index (κ2) is 5.83. The maximum atomic E-state index is 4.61. The monoisotopic (exact) mass is 344 g/mol. The third kappa shape index (κ3) is 2.74. The third-order valence-corrected chi connectivity index (χ3v) is 6.56. The van der Waals surface area contributed by atoms with E-state index in [1.54, 1.807) is 17.7 Å². The molecule has 23 heavy (non-hydrogen) atoms. The van der Waals surface area contributed by atoms with E-state index in [-0.39, 0.29) is 0 Å². The topological polar surface area (TPSA) is 41.9 Å². The number of hydrogen-bond acceptors (Lipinski definition) is 6. The van der Waals surface area contributed by atoms with Gasteiger partial charge in [-0.05, 0) is 37.7 Å². The van der Waals surface area contributed by atoms with Gasteiger partial charge in [-0.25, -0.2) is 15.0 Å². The summed E-state index contributed by atoms with van der Waals surface area (Å²) in [5.41, 5.74) is 1.49. The van der Waals surface area contributed by atoms with E-state index >= 15 is 0 Å². The predicted molar refractivity (Wildman–Crippen MR) is 97.6 cm³/mol. The second-order valence-electron chi connectivity index (χ2n) is 6.43. The van der Waals surface area contributed by atoms with Crippen LogP contribution in [0.15, 0.2) is 12.5 Å². The van der Waals surface area contributed by atoms with E-state index < -0.39 is 0 Å². The fraction of sp³-hybridized carbons (Fsp3) is 0.471. The predicted octanol–water partition coefficient (Wildman–Crippen LogP) is 4.22. The van der Waals surface area contributed by atoms with Gasteiger partial charge in [-0.3, -0.25) is 0 Å². The Morgan fingerprint density at radius 1 is 1.26 bits per heavy atom. The number of fused-ring (bicyclic) bond motifs is 3. The van der Waals surface area contributed by atoms with Gasteiger partial charge in [0, 0.05) is 23.0 Å². The van der Waals surface area contributed by atoms with Crippen LogP contribution < -0.4 is 4.90 Å². The fourth-order valence-electron chi connectivity index (χ4n) is 3.33. The lowest BCUT2D eigenvalue weighted by Gasteiger charge is -2.21. The molecule has 0 bridgehead atoms. The van der Waals surface area contributed by atoms with Gasteiger partial charge >= 0.3 is 0 Å². The highest BCUT2D eigenvalue weighted by molar-refractivity contribution is 7.19. The van der Waals surface area contributed by atoms with E-state index in [4.69, 9.17) is 0 Å². The van der Waals surface area contributed by atoms with Gasteiger partial charge < -0.3 is 4.90 Å². The summed E-state index contributed by atoms with van der Waals surface area (Å²) in [6.45, 7) is 5.24. The number of aryl methyl sites for hydroxylation is 2. The Balaban J connectivity index is 1.74. The number of thiophene rings is 1. The van der Waals surface area contributed by atoms with Crippen molar-refractivity contribution in [2.75, 3.05) is 11.9 Å². The summed E-state index contributed by atoms with van der Waals surface area (Å²) in [7, 11) is 2.12. The highest BCUT2D eigenvalue weighted by Gasteiger charge is 2.24. The summed E-state index contributed by atoms with van der Waals surface area (Å²) in [6, 6.07) is 0. The van der Waals surface area contributed by atoms with E-state index in [1.807, 2.05) is 24.5 Å².